The third-order valence-corrected chi connectivity index (χ3v) is 5.69. The van der Waals surface area contributed by atoms with E-state index in [2.05, 4.69) is 22.5 Å². The zero-order valence-electron chi connectivity index (χ0n) is 18.0. The van der Waals surface area contributed by atoms with E-state index in [1.54, 1.807) is 32.0 Å². The Morgan fingerprint density at radius 3 is 2.37 bits per heavy atom. The molecule has 2 fully saturated rings. The maximum Gasteiger partial charge on any atom is 0.317 e. The van der Waals surface area contributed by atoms with Crippen LogP contribution < -0.4 is 10.6 Å². The predicted molar refractivity (Wildman–Crippen MR) is 117 cm³/mol. The number of hydrogen-bond acceptors (Lipinski definition) is 3. The Bertz CT molecular complexity index is 805. The molecule has 30 heavy (non-hydrogen) atoms. The summed E-state index contributed by atoms with van der Waals surface area (Å²) in [6.07, 6.45) is 7.33. The molecule has 0 atom stereocenters. The Labute approximate surface area is 179 Å². The van der Waals surface area contributed by atoms with Gasteiger partial charge in [0.1, 0.15) is 5.60 Å². The molecule has 1 saturated carbocycles. The minimum absolute atomic E-state index is 0.0322. The summed E-state index contributed by atoms with van der Waals surface area (Å²) in [6, 6.07) is 7.51. The molecule has 1 heterocycles. The Hall–Kier alpha value is -2.52. The predicted octanol–water partition coefficient (Wildman–Crippen LogP) is 3.05. The maximum absolute atomic E-state index is 12.6. The largest absolute Gasteiger partial charge is 0.378 e. The standard InChI is InChI=1S/C24H33N3O3/c1-24(2,30)14-11-18-7-6-8-19(17-18)22(28)25-21-12-15-27(16-13-21)23(29)26-20-9-4-3-5-10-20/h6-8,17,20-21,30H,3-5,9-10,12-13,15-16H2,1-2H3,(H,25,28)(H,26,29). The van der Waals surface area contributed by atoms with Gasteiger partial charge in [0.2, 0.25) is 0 Å². The third-order valence-electron chi connectivity index (χ3n) is 5.69. The van der Waals surface area contributed by atoms with E-state index in [1.165, 1.54) is 19.3 Å². The Morgan fingerprint density at radius 1 is 1.03 bits per heavy atom. The van der Waals surface area contributed by atoms with Crippen molar-refractivity contribution in [2.45, 2.75) is 76.5 Å². The van der Waals surface area contributed by atoms with Gasteiger partial charge in [-0.3, -0.25) is 4.79 Å². The van der Waals surface area contributed by atoms with Crippen LogP contribution in [0.5, 0.6) is 0 Å². The normalized spacial score (nSPS) is 18.3. The van der Waals surface area contributed by atoms with Crippen molar-refractivity contribution < 1.29 is 14.7 Å². The average Bonchev–Trinajstić information content (AvgIpc) is 2.73. The topological polar surface area (TPSA) is 81.7 Å². The molecule has 2 aliphatic rings. The number of likely N-dealkylation sites (tertiary alicyclic amines) is 1. The summed E-state index contributed by atoms with van der Waals surface area (Å²) >= 11 is 0. The first kappa shape index (κ1) is 22.2. The van der Waals surface area contributed by atoms with Gasteiger partial charge in [-0.25, -0.2) is 4.79 Å². The van der Waals surface area contributed by atoms with E-state index in [0.29, 0.717) is 30.3 Å². The fourth-order valence-electron chi connectivity index (χ4n) is 3.97. The van der Waals surface area contributed by atoms with E-state index in [1.807, 2.05) is 11.0 Å². The first-order chi connectivity index (χ1) is 14.3. The zero-order chi connectivity index (χ0) is 21.6. The molecule has 0 bridgehead atoms. The molecule has 0 spiro atoms. The van der Waals surface area contributed by atoms with Gasteiger partial charge in [0, 0.05) is 36.3 Å². The maximum atomic E-state index is 12.6. The van der Waals surface area contributed by atoms with Gasteiger partial charge >= 0.3 is 6.03 Å². The van der Waals surface area contributed by atoms with Crippen LogP contribution in [0.3, 0.4) is 0 Å². The van der Waals surface area contributed by atoms with Crippen LogP contribution in [0.4, 0.5) is 4.79 Å². The second-order valence-electron chi connectivity index (χ2n) is 8.91. The van der Waals surface area contributed by atoms with Gasteiger partial charge in [-0.2, -0.15) is 0 Å². The van der Waals surface area contributed by atoms with Crippen molar-refractivity contribution in [3.63, 3.8) is 0 Å². The lowest BCUT2D eigenvalue weighted by Gasteiger charge is -2.34. The first-order valence-corrected chi connectivity index (χ1v) is 11.0. The number of nitrogens with one attached hydrogen (secondary N) is 2. The third kappa shape index (κ3) is 6.77. The molecule has 0 aromatic heterocycles. The Morgan fingerprint density at radius 2 is 1.70 bits per heavy atom. The van der Waals surface area contributed by atoms with E-state index < -0.39 is 5.60 Å². The van der Waals surface area contributed by atoms with Crippen molar-refractivity contribution in [2.75, 3.05) is 13.1 Å². The van der Waals surface area contributed by atoms with Crippen molar-refractivity contribution in [1.29, 1.82) is 0 Å². The van der Waals surface area contributed by atoms with Gasteiger partial charge in [0.05, 0.1) is 0 Å². The van der Waals surface area contributed by atoms with Crippen LogP contribution in [0, 0.1) is 11.8 Å². The summed E-state index contributed by atoms with van der Waals surface area (Å²) in [5.41, 5.74) is 0.171. The molecule has 3 amide bonds. The highest BCUT2D eigenvalue weighted by molar-refractivity contribution is 5.94. The molecule has 1 saturated heterocycles. The number of nitrogens with zero attached hydrogens (tertiary/aromatic N) is 1. The highest BCUT2D eigenvalue weighted by Crippen LogP contribution is 2.18. The van der Waals surface area contributed by atoms with Gasteiger partial charge in [-0.15, -0.1) is 0 Å². The number of benzene rings is 1. The lowest BCUT2D eigenvalue weighted by molar-refractivity contribution is 0.0917. The van der Waals surface area contributed by atoms with Gasteiger partial charge in [-0.1, -0.05) is 37.2 Å². The SMILES string of the molecule is CC(C)(O)C#Cc1cccc(C(=O)NC2CCN(C(=O)NC3CCCCC3)CC2)c1. The quantitative estimate of drug-likeness (QED) is 0.669. The number of amides is 3. The average molecular weight is 412 g/mol. The Kier molecular flexibility index (Phi) is 7.38. The second kappa shape index (κ2) is 9.99. The first-order valence-electron chi connectivity index (χ1n) is 11.0. The molecule has 162 valence electrons. The molecule has 6 heteroatoms. The van der Waals surface area contributed by atoms with Crippen LogP contribution in [-0.4, -0.2) is 52.7 Å². The number of hydrogen-bond donors (Lipinski definition) is 3. The highest BCUT2D eigenvalue weighted by Gasteiger charge is 2.26. The molecule has 6 nitrogen and oxygen atoms in total. The zero-order valence-corrected chi connectivity index (χ0v) is 18.0. The summed E-state index contributed by atoms with van der Waals surface area (Å²) < 4.78 is 0. The minimum atomic E-state index is -1.07. The van der Waals surface area contributed by atoms with Crippen molar-refractivity contribution in [3.8, 4) is 11.8 Å². The lowest BCUT2D eigenvalue weighted by atomic mass is 9.95. The van der Waals surface area contributed by atoms with Crippen LogP contribution in [-0.2, 0) is 0 Å². The molecular weight excluding hydrogens is 378 g/mol. The summed E-state index contributed by atoms with van der Waals surface area (Å²) in [4.78, 5) is 27.0. The fourth-order valence-corrected chi connectivity index (χ4v) is 3.97. The Balaban J connectivity index is 1.48. The number of piperidine rings is 1. The minimum Gasteiger partial charge on any atom is -0.378 e. The van der Waals surface area contributed by atoms with E-state index >= 15 is 0 Å². The van der Waals surface area contributed by atoms with Crippen molar-refractivity contribution in [2.24, 2.45) is 0 Å². The highest BCUT2D eigenvalue weighted by atomic mass is 16.3. The van der Waals surface area contributed by atoms with Crippen LogP contribution >= 0.6 is 0 Å². The molecule has 0 unspecified atom stereocenters. The fraction of sp³-hybridized carbons (Fsp3) is 0.583. The van der Waals surface area contributed by atoms with Crippen LogP contribution in [0.25, 0.3) is 0 Å². The molecular formula is C24H33N3O3. The molecule has 3 N–H and O–H groups in total. The molecule has 1 aliphatic heterocycles. The number of rotatable bonds is 3. The van der Waals surface area contributed by atoms with Gasteiger partial charge < -0.3 is 20.6 Å². The van der Waals surface area contributed by atoms with Crippen LogP contribution in [0.15, 0.2) is 24.3 Å². The summed E-state index contributed by atoms with van der Waals surface area (Å²) in [6.45, 7) is 4.55. The van der Waals surface area contributed by atoms with Crippen molar-refractivity contribution in [1.82, 2.24) is 15.5 Å². The lowest BCUT2D eigenvalue weighted by Crippen LogP contribution is -2.51. The molecule has 3 rings (SSSR count). The molecule has 0 radical (unpaired) electrons. The van der Waals surface area contributed by atoms with Gasteiger partial charge in [0.25, 0.3) is 5.91 Å². The van der Waals surface area contributed by atoms with E-state index in [4.69, 9.17) is 0 Å². The van der Waals surface area contributed by atoms with E-state index in [0.717, 1.165) is 25.7 Å². The monoisotopic (exact) mass is 411 g/mol. The van der Waals surface area contributed by atoms with E-state index in [-0.39, 0.29) is 18.0 Å². The van der Waals surface area contributed by atoms with Crippen LogP contribution in [0.2, 0.25) is 0 Å². The van der Waals surface area contributed by atoms with Crippen molar-refractivity contribution in [3.05, 3.63) is 35.4 Å². The molecule has 1 aliphatic carbocycles. The van der Waals surface area contributed by atoms with Crippen LogP contribution in [0.1, 0.15) is 74.7 Å². The molecule has 1 aromatic rings. The number of urea groups is 1. The van der Waals surface area contributed by atoms with Crippen molar-refractivity contribution >= 4 is 11.9 Å². The molecule has 1 aromatic carbocycles. The van der Waals surface area contributed by atoms with Gasteiger partial charge in [0.15, 0.2) is 0 Å². The summed E-state index contributed by atoms with van der Waals surface area (Å²) in [5.74, 6) is 5.53. The number of carbonyl (C=O) groups is 2. The summed E-state index contributed by atoms with van der Waals surface area (Å²) in [7, 11) is 0. The van der Waals surface area contributed by atoms with E-state index in [9.17, 15) is 14.7 Å². The summed E-state index contributed by atoms with van der Waals surface area (Å²) in [5, 5.41) is 16.0. The van der Waals surface area contributed by atoms with Gasteiger partial charge in [-0.05, 0) is 57.7 Å². The number of carbonyl (C=O) groups excluding carboxylic acids is 2. The second-order valence-corrected chi connectivity index (χ2v) is 8.91. The smallest absolute Gasteiger partial charge is 0.317 e. The number of aliphatic hydroxyl groups is 1.